The van der Waals surface area contributed by atoms with Crippen LogP contribution in [0.15, 0.2) is 18.2 Å². The van der Waals surface area contributed by atoms with Crippen LogP contribution in [0.3, 0.4) is 0 Å². The van der Waals surface area contributed by atoms with E-state index < -0.39 is 0 Å². The van der Waals surface area contributed by atoms with E-state index in [4.69, 9.17) is 4.74 Å². The zero-order valence-corrected chi connectivity index (χ0v) is 12.0. The molecule has 1 aliphatic carbocycles. The first-order chi connectivity index (χ1) is 9.22. The summed E-state index contributed by atoms with van der Waals surface area (Å²) in [4.78, 5) is 12.2. The van der Waals surface area contributed by atoms with E-state index in [1.54, 1.807) is 0 Å². The Labute approximate surface area is 118 Å². The first kappa shape index (κ1) is 13.0. The molecule has 1 fully saturated rings. The fourth-order valence-electron chi connectivity index (χ4n) is 2.44. The van der Waals surface area contributed by atoms with Gasteiger partial charge in [-0.15, -0.1) is 0 Å². The van der Waals surface area contributed by atoms with Gasteiger partial charge >= 0.3 is 0 Å². The summed E-state index contributed by atoms with van der Waals surface area (Å²) >= 11 is 1.87. The van der Waals surface area contributed by atoms with Crippen LogP contribution in [-0.2, 0) is 17.8 Å². The fourth-order valence-corrected chi connectivity index (χ4v) is 3.17. The van der Waals surface area contributed by atoms with Gasteiger partial charge in [0.15, 0.2) is 0 Å². The lowest BCUT2D eigenvalue weighted by molar-refractivity contribution is 0.0950. The van der Waals surface area contributed by atoms with Crippen molar-refractivity contribution in [2.75, 3.05) is 19.4 Å². The molecule has 1 aliphatic heterocycles. The van der Waals surface area contributed by atoms with Gasteiger partial charge in [0.2, 0.25) is 0 Å². The smallest absolute Gasteiger partial charge is 0.251 e. The summed E-state index contributed by atoms with van der Waals surface area (Å²) < 4.78 is 5.73. The Morgan fingerprint density at radius 3 is 3.00 bits per heavy atom. The number of carbonyl (C=O) groups is 1. The van der Waals surface area contributed by atoms with Gasteiger partial charge in [0.1, 0.15) is 0 Å². The summed E-state index contributed by atoms with van der Waals surface area (Å²) in [5.74, 6) is 0.0506. The quantitative estimate of drug-likeness (QED) is 0.918. The van der Waals surface area contributed by atoms with E-state index in [1.807, 2.05) is 30.0 Å². The van der Waals surface area contributed by atoms with Gasteiger partial charge in [-0.25, -0.2) is 0 Å². The Bertz CT molecular complexity index is 497. The maximum absolute atomic E-state index is 12.2. The highest BCUT2D eigenvalue weighted by atomic mass is 32.2. The van der Waals surface area contributed by atoms with Crippen molar-refractivity contribution >= 4 is 17.7 Å². The molecular weight excluding hydrogens is 258 g/mol. The Balaban J connectivity index is 1.66. The fraction of sp³-hybridized carbons (Fsp3) is 0.533. The Morgan fingerprint density at radius 1 is 1.42 bits per heavy atom. The maximum atomic E-state index is 12.2. The van der Waals surface area contributed by atoms with Crippen molar-refractivity contribution in [3.8, 4) is 0 Å². The summed E-state index contributed by atoms with van der Waals surface area (Å²) in [6, 6.07) is 5.94. The van der Waals surface area contributed by atoms with E-state index in [9.17, 15) is 4.79 Å². The lowest BCUT2D eigenvalue weighted by Crippen LogP contribution is -2.31. The predicted molar refractivity (Wildman–Crippen MR) is 77.6 cm³/mol. The molecule has 1 heterocycles. The molecule has 0 saturated heterocycles. The largest absolute Gasteiger partial charge is 0.376 e. The number of ether oxygens (including phenoxy) is 1. The second-order valence-electron chi connectivity index (χ2n) is 5.36. The third kappa shape index (κ3) is 2.79. The number of thioether (sulfide) groups is 1. The maximum Gasteiger partial charge on any atom is 0.251 e. The summed E-state index contributed by atoms with van der Waals surface area (Å²) in [5.41, 5.74) is 3.24. The van der Waals surface area contributed by atoms with Gasteiger partial charge in [0.25, 0.3) is 5.91 Å². The van der Waals surface area contributed by atoms with Gasteiger partial charge in [-0.3, -0.25) is 4.79 Å². The number of benzene rings is 1. The van der Waals surface area contributed by atoms with Crippen LogP contribution in [0.2, 0.25) is 0 Å². The molecule has 1 aromatic rings. The average Bonchev–Trinajstić information content (AvgIpc) is 3.25. The summed E-state index contributed by atoms with van der Waals surface area (Å²) in [7, 11) is 0. The van der Waals surface area contributed by atoms with Crippen LogP contribution in [0.4, 0.5) is 0 Å². The lowest BCUT2D eigenvalue weighted by Gasteiger charge is -2.18. The van der Waals surface area contributed by atoms with Crippen LogP contribution < -0.4 is 5.32 Å². The molecule has 19 heavy (non-hydrogen) atoms. The van der Waals surface area contributed by atoms with E-state index in [1.165, 1.54) is 24.0 Å². The van der Waals surface area contributed by atoms with Gasteiger partial charge in [-0.05, 0) is 48.8 Å². The van der Waals surface area contributed by atoms with Crippen LogP contribution in [0.25, 0.3) is 0 Å². The van der Waals surface area contributed by atoms with Gasteiger partial charge in [-0.2, -0.15) is 11.8 Å². The van der Waals surface area contributed by atoms with Crippen LogP contribution in [0.5, 0.6) is 0 Å². The number of rotatable bonds is 4. The van der Waals surface area contributed by atoms with Crippen molar-refractivity contribution < 1.29 is 9.53 Å². The molecule has 0 bridgehead atoms. The van der Waals surface area contributed by atoms with Crippen molar-refractivity contribution in [2.24, 2.45) is 0 Å². The predicted octanol–water partition coefficient (Wildman–Crippen LogP) is 2.38. The van der Waals surface area contributed by atoms with Gasteiger partial charge in [0.05, 0.1) is 13.2 Å². The average molecular weight is 277 g/mol. The van der Waals surface area contributed by atoms with Crippen LogP contribution in [-0.4, -0.2) is 30.1 Å². The molecule has 1 saturated carbocycles. The number of fused-ring (bicyclic) bond motifs is 1. The molecule has 3 rings (SSSR count). The highest BCUT2D eigenvalue weighted by Crippen LogP contribution is 2.46. The third-order valence-electron chi connectivity index (χ3n) is 4.05. The Morgan fingerprint density at radius 2 is 2.26 bits per heavy atom. The zero-order chi connectivity index (χ0) is 13.3. The SMILES string of the molecule is CSC1(CNC(=O)c2ccc3c(c2)CCOC3)CC1. The Hall–Kier alpha value is -1.00. The second kappa shape index (κ2) is 5.17. The number of nitrogens with one attached hydrogen (secondary N) is 1. The minimum absolute atomic E-state index is 0.0506. The molecular formula is C15H19NO2S. The normalized spacial score (nSPS) is 19.6. The molecule has 2 aliphatic rings. The lowest BCUT2D eigenvalue weighted by atomic mass is 10.00. The van der Waals surface area contributed by atoms with E-state index in [2.05, 4.69) is 11.6 Å². The van der Waals surface area contributed by atoms with Crippen LogP contribution in [0, 0.1) is 0 Å². The van der Waals surface area contributed by atoms with Crippen molar-refractivity contribution in [1.82, 2.24) is 5.32 Å². The molecule has 0 radical (unpaired) electrons. The van der Waals surface area contributed by atoms with E-state index in [0.29, 0.717) is 11.4 Å². The number of amides is 1. The summed E-state index contributed by atoms with van der Waals surface area (Å²) in [6.07, 6.45) is 5.47. The molecule has 102 valence electrons. The van der Waals surface area contributed by atoms with Crippen LogP contribution in [0.1, 0.15) is 34.3 Å². The minimum atomic E-state index is 0.0506. The number of hydrogen-bond donors (Lipinski definition) is 1. The highest BCUT2D eigenvalue weighted by molar-refractivity contribution is 8.00. The molecule has 1 N–H and O–H groups in total. The Kier molecular flexibility index (Phi) is 3.54. The van der Waals surface area contributed by atoms with Crippen LogP contribution >= 0.6 is 11.8 Å². The molecule has 0 spiro atoms. The topological polar surface area (TPSA) is 38.3 Å². The van der Waals surface area contributed by atoms with Crippen molar-refractivity contribution in [3.63, 3.8) is 0 Å². The van der Waals surface area contributed by atoms with Gasteiger partial charge < -0.3 is 10.1 Å². The molecule has 1 aromatic carbocycles. The molecule has 4 heteroatoms. The molecule has 0 unspecified atom stereocenters. The second-order valence-corrected chi connectivity index (χ2v) is 6.63. The monoisotopic (exact) mass is 277 g/mol. The van der Waals surface area contributed by atoms with Gasteiger partial charge in [-0.1, -0.05) is 6.07 Å². The van der Waals surface area contributed by atoms with Crippen molar-refractivity contribution in [3.05, 3.63) is 34.9 Å². The van der Waals surface area contributed by atoms with E-state index >= 15 is 0 Å². The summed E-state index contributed by atoms with van der Waals surface area (Å²) in [6.45, 7) is 2.22. The first-order valence-electron chi connectivity index (χ1n) is 6.75. The molecule has 0 aromatic heterocycles. The van der Waals surface area contributed by atoms with Crippen molar-refractivity contribution in [1.29, 1.82) is 0 Å². The standard InChI is InChI=1S/C15H19NO2S/c1-19-15(5-6-15)10-16-14(17)12-2-3-13-9-18-7-4-11(13)8-12/h2-3,8H,4-7,9-10H2,1H3,(H,16,17). The molecule has 1 amide bonds. The molecule has 3 nitrogen and oxygen atoms in total. The third-order valence-corrected chi connectivity index (χ3v) is 5.47. The van der Waals surface area contributed by atoms with E-state index in [-0.39, 0.29) is 5.91 Å². The van der Waals surface area contributed by atoms with Crippen molar-refractivity contribution in [2.45, 2.75) is 30.6 Å². The van der Waals surface area contributed by atoms with E-state index in [0.717, 1.165) is 25.1 Å². The number of carbonyl (C=O) groups excluding carboxylic acids is 1. The zero-order valence-electron chi connectivity index (χ0n) is 11.2. The van der Waals surface area contributed by atoms with Gasteiger partial charge in [0, 0.05) is 16.9 Å². The highest BCUT2D eigenvalue weighted by Gasteiger charge is 2.41. The minimum Gasteiger partial charge on any atom is -0.376 e. The molecule has 0 atom stereocenters. The summed E-state index contributed by atoms with van der Waals surface area (Å²) in [5, 5.41) is 3.07. The first-order valence-corrected chi connectivity index (χ1v) is 7.98. The number of hydrogen-bond acceptors (Lipinski definition) is 3.